The van der Waals surface area contributed by atoms with E-state index in [-0.39, 0.29) is 24.2 Å². The summed E-state index contributed by atoms with van der Waals surface area (Å²) in [6.07, 6.45) is 3.36. The Morgan fingerprint density at radius 2 is 1.81 bits per heavy atom. The van der Waals surface area contributed by atoms with Crippen molar-refractivity contribution >= 4 is 16.8 Å². The van der Waals surface area contributed by atoms with Gasteiger partial charge in [-0.25, -0.2) is 4.39 Å². The number of carbonyl (C=O) groups excluding carboxylic acids is 1. The summed E-state index contributed by atoms with van der Waals surface area (Å²) in [5.41, 5.74) is 2.42. The highest BCUT2D eigenvalue weighted by Crippen LogP contribution is 2.31. The Hall–Kier alpha value is -4.20. The number of furan rings is 1. The Balaban J connectivity index is 1.38. The van der Waals surface area contributed by atoms with E-state index in [4.69, 9.17) is 8.83 Å². The van der Waals surface area contributed by atoms with Crippen LogP contribution in [0.15, 0.2) is 82.0 Å². The van der Waals surface area contributed by atoms with Crippen LogP contribution in [0.3, 0.4) is 0 Å². The molecule has 0 atom stereocenters. The number of hydrogen-bond donors (Lipinski definition) is 1. The molecule has 2 aromatic carbocycles. The maximum atomic E-state index is 13.0. The molecule has 7 nitrogen and oxygen atoms in total. The van der Waals surface area contributed by atoms with Gasteiger partial charge in [-0.05, 0) is 35.9 Å². The van der Waals surface area contributed by atoms with Crippen LogP contribution >= 0.6 is 0 Å². The van der Waals surface area contributed by atoms with Crippen molar-refractivity contribution in [2.45, 2.75) is 13.1 Å². The second-order valence-electron chi connectivity index (χ2n) is 6.98. The van der Waals surface area contributed by atoms with Crippen molar-refractivity contribution in [3.63, 3.8) is 0 Å². The summed E-state index contributed by atoms with van der Waals surface area (Å²) in [5, 5.41) is 12.0. The van der Waals surface area contributed by atoms with Crippen molar-refractivity contribution in [2.75, 3.05) is 0 Å². The van der Waals surface area contributed by atoms with E-state index in [1.807, 2.05) is 35.0 Å². The number of benzene rings is 2. The second-order valence-corrected chi connectivity index (χ2v) is 6.98. The van der Waals surface area contributed by atoms with E-state index in [2.05, 4.69) is 15.5 Å². The highest BCUT2D eigenvalue weighted by Gasteiger charge is 2.18. The Kier molecular flexibility index (Phi) is 4.80. The van der Waals surface area contributed by atoms with Crippen molar-refractivity contribution < 1.29 is 18.0 Å². The first-order chi connectivity index (χ1) is 15.2. The molecule has 0 aliphatic heterocycles. The number of halogens is 1. The van der Waals surface area contributed by atoms with Crippen LogP contribution in [-0.2, 0) is 17.9 Å². The van der Waals surface area contributed by atoms with Gasteiger partial charge in [-0.3, -0.25) is 4.79 Å². The maximum absolute atomic E-state index is 13.0. The lowest BCUT2D eigenvalue weighted by Gasteiger charge is -2.07. The molecule has 31 heavy (non-hydrogen) atoms. The van der Waals surface area contributed by atoms with Gasteiger partial charge in [-0.2, -0.15) is 0 Å². The Morgan fingerprint density at radius 1 is 1.00 bits per heavy atom. The number of aromatic nitrogens is 3. The molecule has 0 aliphatic rings. The SMILES string of the molecule is O=C(Cn1cc(-c2nnc(-c3ccco3)o2)c2ccccc21)NCc1ccc(F)cc1. The average molecular weight is 416 g/mol. The Morgan fingerprint density at radius 3 is 2.61 bits per heavy atom. The molecule has 3 aromatic heterocycles. The minimum absolute atomic E-state index is 0.112. The molecule has 3 heterocycles. The van der Waals surface area contributed by atoms with E-state index in [1.54, 1.807) is 24.3 Å². The van der Waals surface area contributed by atoms with E-state index >= 15 is 0 Å². The molecule has 0 fully saturated rings. The number of nitrogens with one attached hydrogen (secondary N) is 1. The summed E-state index contributed by atoms with van der Waals surface area (Å²) in [4.78, 5) is 12.5. The first-order valence-electron chi connectivity index (χ1n) is 9.64. The number of carbonyl (C=O) groups is 1. The van der Waals surface area contributed by atoms with E-state index < -0.39 is 0 Å². The first-order valence-corrected chi connectivity index (χ1v) is 9.64. The zero-order valence-electron chi connectivity index (χ0n) is 16.3. The van der Waals surface area contributed by atoms with Crippen LogP contribution in [0.1, 0.15) is 5.56 Å². The standard InChI is InChI=1S/C23H17FN4O3/c24-16-9-7-15(8-10-16)12-25-21(29)14-28-13-18(17-4-1-2-5-19(17)28)22-26-27-23(31-22)20-6-3-11-30-20/h1-11,13H,12,14H2,(H,25,29). The highest BCUT2D eigenvalue weighted by molar-refractivity contribution is 5.95. The number of fused-ring (bicyclic) bond motifs is 1. The van der Waals surface area contributed by atoms with E-state index in [9.17, 15) is 9.18 Å². The van der Waals surface area contributed by atoms with Crippen molar-refractivity contribution in [3.8, 4) is 23.1 Å². The third-order valence-electron chi connectivity index (χ3n) is 4.89. The quantitative estimate of drug-likeness (QED) is 0.443. The summed E-state index contributed by atoms with van der Waals surface area (Å²) < 4.78 is 26.0. The zero-order valence-corrected chi connectivity index (χ0v) is 16.3. The summed E-state index contributed by atoms with van der Waals surface area (Å²) in [6, 6.07) is 17.2. The largest absolute Gasteiger partial charge is 0.459 e. The number of hydrogen-bond acceptors (Lipinski definition) is 5. The molecular formula is C23H17FN4O3. The lowest BCUT2D eigenvalue weighted by molar-refractivity contribution is -0.121. The molecule has 0 saturated carbocycles. The Labute approximate surface area is 176 Å². The van der Waals surface area contributed by atoms with Crippen molar-refractivity contribution in [1.82, 2.24) is 20.1 Å². The molecule has 1 N–H and O–H groups in total. The molecule has 1 amide bonds. The third kappa shape index (κ3) is 3.83. The normalized spacial score (nSPS) is 11.1. The van der Waals surface area contributed by atoms with Gasteiger partial charge in [-0.1, -0.05) is 30.3 Å². The molecular weight excluding hydrogens is 399 g/mol. The van der Waals surface area contributed by atoms with E-state index in [1.165, 1.54) is 18.4 Å². The molecule has 0 saturated heterocycles. The van der Waals surface area contributed by atoms with Crippen molar-refractivity contribution in [1.29, 1.82) is 0 Å². The van der Waals surface area contributed by atoms with Crippen LogP contribution in [0.25, 0.3) is 34.0 Å². The van der Waals surface area contributed by atoms with Crippen LogP contribution in [0, 0.1) is 5.82 Å². The molecule has 0 unspecified atom stereocenters. The van der Waals surface area contributed by atoms with Gasteiger partial charge in [0.15, 0.2) is 5.76 Å². The average Bonchev–Trinajstić information content (AvgIpc) is 3.53. The molecule has 0 bridgehead atoms. The van der Waals surface area contributed by atoms with Crippen molar-refractivity contribution in [3.05, 3.63) is 84.5 Å². The fraction of sp³-hybridized carbons (Fsp3) is 0.0870. The molecule has 0 spiro atoms. The van der Waals surface area contributed by atoms with Gasteiger partial charge >= 0.3 is 0 Å². The molecule has 8 heteroatoms. The van der Waals surface area contributed by atoms with Crippen LogP contribution in [-0.4, -0.2) is 20.7 Å². The van der Waals surface area contributed by atoms with Gasteiger partial charge in [0.2, 0.25) is 11.8 Å². The first kappa shape index (κ1) is 18.8. The topological polar surface area (TPSA) is 86.1 Å². The maximum Gasteiger partial charge on any atom is 0.283 e. The van der Waals surface area contributed by atoms with Crippen molar-refractivity contribution in [2.24, 2.45) is 0 Å². The molecule has 154 valence electrons. The third-order valence-corrected chi connectivity index (χ3v) is 4.89. The van der Waals surface area contributed by atoms with Gasteiger partial charge in [0.1, 0.15) is 12.4 Å². The summed E-state index contributed by atoms with van der Waals surface area (Å²) in [6.45, 7) is 0.433. The van der Waals surface area contributed by atoms with Crippen LogP contribution in [0.5, 0.6) is 0 Å². The fourth-order valence-corrected chi connectivity index (χ4v) is 3.39. The van der Waals surface area contributed by atoms with Gasteiger partial charge in [0.25, 0.3) is 5.89 Å². The lowest BCUT2D eigenvalue weighted by atomic mass is 10.2. The van der Waals surface area contributed by atoms with Crippen LogP contribution in [0.4, 0.5) is 4.39 Å². The van der Waals surface area contributed by atoms with Gasteiger partial charge < -0.3 is 18.7 Å². The smallest absolute Gasteiger partial charge is 0.283 e. The minimum Gasteiger partial charge on any atom is -0.459 e. The van der Waals surface area contributed by atoms with Gasteiger partial charge in [0.05, 0.1) is 11.8 Å². The van der Waals surface area contributed by atoms with Gasteiger partial charge in [0, 0.05) is 23.6 Å². The predicted molar refractivity (Wildman–Crippen MR) is 111 cm³/mol. The summed E-state index contributed by atoms with van der Waals surface area (Å²) in [5.74, 6) is 0.640. The molecule has 0 radical (unpaired) electrons. The van der Waals surface area contributed by atoms with Crippen LogP contribution in [0.2, 0.25) is 0 Å². The van der Waals surface area contributed by atoms with E-state index in [0.717, 1.165) is 22.0 Å². The van der Waals surface area contributed by atoms with Crippen LogP contribution < -0.4 is 5.32 Å². The summed E-state index contributed by atoms with van der Waals surface area (Å²) in [7, 11) is 0. The molecule has 5 aromatic rings. The highest BCUT2D eigenvalue weighted by atomic mass is 19.1. The predicted octanol–water partition coefficient (Wildman–Crippen LogP) is 4.41. The van der Waals surface area contributed by atoms with Gasteiger partial charge in [-0.15, -0.1) is 10.2 Å². The second kappa shape index (κ2) is 7.91. The van der Waals surface area contributed by atoms with E-state index in [0.29, 0.717) is 18.2 Å². The number of rotatable bonds is 6. The Bertz CT molecular complexity index is 1340. The fourth-order valence-electron chi connectivity index (χ4n) is 3.39. The number of amides is 1. The monoisotopic (exact) mass is 416 g/mol. The zero-order chi connectivity index (χ0) is 21.2. The molecule has 5 rings (SSSR count). The number of para-hydroxylation sites is 1. The minimum atomic E-state index is -0.308. The summed E-state index contributed by atoms with van der Waals surface area (Å²) >= 11 is 0. The lowest BCUT2D eigenvalue weighted by Crippen LogP contribution is -2.26. The molecule has 0 aliphatic carbocycles. The number of nitrogens with zero attached hydrogens (tertiary/aromatic N) is 3.